The molecule has 7 nitrogen and oxygen atoms in total. The number of likely N-dealkylation sites (tertiary alicyclic amines) is 1. The van der Waals surface area contributed by atoms with Crippen LogP contribution in [-0.4, -0.2) is 74.6 Å². The van der Waals surface area contributed by atoms with Crippen LogP contribution in [0.15, 0.2) is 18.2 Å². The maximum atomic E-state index is 12.9. The van der Waals surface area contributed by atoms with Crippen LogP contribution in [0.4, 0.5) is 0 Å². The number of methoxy groups -OCH3 is 2. The summed E-state index contributed by atoms with van der Waals surface area (Å²) in [4.78, 5) is 29.4. The molecule has 1 aromatic carbocycles. The first kappa shape index (κ1) is 19.5. The van der Waals surface area contributed by atoms with Crippen molar-refractivity contribution in [3.05, 3.63) is 23.8 Å². The fourth-order valence-corrected chi connectivity index (χ4v) is 3.83. The molecule has 2 aliphatic heterocycles. The van der Waals surface area contributed by atoms with Crippen LogP contribution in [0.1, 0.15) is 30.1 Å². The molecule has 1 aromatic rings. The molecule has 1 unspecified atom stereocenters. The van der Waals surface area contributed by atoms with Crippen molar-refractivity contribution < 1.29 is 19.1 Å². The van der Waals surface area contributed by atoms with Gasteiger partial charge >= 0.3 is 0 Å². The van der Waals surface area contributed by atoms with E-state index in [2.05, 4.69) is 12.2 Å². The molecule has 0 bridgehead atoms. The summed E-state index contributed by atoms with van der Waals surface area (Å²) in [6.07, 6.45) is 1.42. The standard InChI is InChI=1S/C20H29N3O4/c1-14-13-23(9-6-21-14)19(24)15-4-7-22(8-5-15)20(25)16-10-17(26-2)12-18(11-16)27-3/h10-12,14-15,21H,4-9,13H2,1-3H3. The second kappa shape index (κ2) is 8.61. The molecule has 0 aliphatic carbocycles. The molecule has 1 atom stereocenters. The smallest absolute Gasteiger partial charge is 0.254 e. The monoisotopic (exact) mass is 375 g/mol. The molecule has 2 aliphatic rings. The number of hydrogen-bond donors (Lipinski definition) is 1. The molecule has 0 aromatic heterocycles. The maximum absolute atomic E-state index is 12.9. The van der Waals surface area contributed by atoms with E-state index in [4.69, 9.17) is 9.47 Å². The van der Waals surface area contributed by atoms with Crippen LogP contribution in [0.3, 0.4) is 0 Å². The van der Waals surface area contributed by atoms with Gasteiger partial charge in [-0.3, -0.25) is 9.59 Å². The Morgan fingerprint density at radius 3 is 2.19 bits per heavy atom. The van der Waals surface area contributed by atoms with Crippen LogP contribution in [0.2, 0.25) is 0 Å². The van der Waals surface area contributed by atoms with Crippen LogP contribution in [0.25, 0.3) is 0 Å². The number of nitrogens with one attached hydrogen (secondary N) is 1. The number of rotatable bonds is 4. The average Bonchev–Trinajstić information content (AvgIpc) is 2.72. The molecule has 2 saturated heterocycles. The minimum Gasteiger partial charge on any atom is -0.497 e. The van der Waals surface area contributed by atoms with Gasteiger partial charge < -0.3 is 24.6 Å². The Morgan fingerprint density at radius 2 is 1.63 bits per heavy atom. The molecule has 0 radical (unpaired) electrons. The number of benzene rings is 1. The maximum Gasteiger partial charge on any atom is 0.254 e. The Bertz CT molecular complexity index is 664. The molecule has 148 valence electrons. The van der Waals surface area contributed by atoms with Gasteiger partial charge in [0.25, 0.3) is 5.91 Å². The summed E-state index contributed by atoms with van der Waals surface area (Å²) in [6, 6.07) is 5.54. The molecule has 3 rings (SSSR count). The van der Waals surface area contributed by atoms with Gasteiger partial charge in [0.15, 0.2) is 0 Å². The first-order valence-electron chi connectivity index (χ1n) is 9.56. The summed E-state index contributed by atoms with van der Waals surface area (Å²) in [5, 5.41) is 3.36. The zero-order chi connectivity index (χ0) is 19.4. The summed E-state index contributed by atoms with van der Waals surface area (Å²) in [5.41, 5.74) is 0.548. The predicted molar refractivity (Wildman–Crippen MR) is 102 cm³/mol. The third kappa shape index (κ3) is 4.53. The molecule has 7 heteroatoms. The second-order valence-electron chi connectivity index (χ2n) is 7.31. The Kier molecular flexibility index (Phi) is 6.21. The van der Waals surface area contributed by atoms with E-state index in [1.807, 2.05) is 9.80 Å². The van der Waals surface area contributed by atoms with E-state index in [0.717, 1.165) is 19.6 Å². The van der Waals surface area contributed by atoms with Gasteiger partial charge in [0, 0.05) is 56.3 Å². The molecule has 27 heavy (non-hydrogen) atoms. The Balaban J connectivity index is 1.60. The van der Waals surface area contributed by atoms with Gasteiger partial charge in [0.05, 0.1) is 14.2 Å². The molecule has 0 spiro atoms. The van der Waals surface area contributed by atoms with Crippen LogP contribution in [0, 0.1) is 5.92 Å². The highest BCUT2D eigenvalue weighted by Crippen LogP contribution is 2.26. The lowest BCUT2D eigenvalue weighted by molar-refractivity contribution is -0.138. The Labute approximate surface area is 160 Å². The largest absolute Gasteiger partial charge is 0.497 e. The van der Waals surface area contributed by atoms with E-state index in [-0.39, 0.29) is 17.7 Å². The lowest BCUT2D eigenvalue weighted by atomic mass is 9.94. The van der Waals surface area contributed by atoms with E-state index < -0.39 is 0 Å². The SMILES string of the molecule is COc1cc(OC)cc(C(=O)N2CCC(C(=O)N3CCNC(C)C3)CC2)c1. The highest BCUT2D eigenvalue weighted by Gasteiger charge is 2.32. The number of ether oxygens (including phenoxy) is 2. The lowest BCUT2D eigenvalue weighted by Crippen LogP contribution is -2.54. The van der Waals surface area contributed by atoms with E-state index in [1.54, 1.807) is 32.4 Å². The van der Waals surface area contributed by atoms with Crippen LogP contribution in [-0.2, 0) is 4.79 Å². The predicted octanol–water partition coefficient (Wildman–Crippen LogP) is 1.38. The average molecular weight is 375 g/mol. The fraction of sp³-hybridized carbons (Fsp3) is 0.600. The normalized spacial score (nSPS) is 21.1. The number of piperazine rings is 1. The molecule has 1 N–H and O–H groups in total. The van der Waals surface area contributed by atoms with E-state index in [9.17, 15) is 9.59 Å². The van der Waals surface area contributed by atoms with Crippen molar-refractivity contribution >= 4 is 11.8 Å². The number of piperidine rings is 1. The minimum absolute atomic E-state index is 0.0131. The van der Waals surface area contributed by atoms with Gasteiger partial charge in [-0.15, -0.1) is 0 Å². The third-order valence-corrected chi connectivity index (χ3v) is 5.41. The van der Waals surface area contributed by atoms with Gasteiger partial charge in [-0.05, 0) is 31.9 Å². The van der Waals surface area contributed by atoms with Gasteiger partial charge in [-0.2, -0.15) is 0 Å². The van der Waals surface area contributed by atoms with E-state index in [1.165, 1.54) is 0 Å². The summed E-state index contributed by atoms with van der Waals surface area (Å²) in [6.45, 7) is 5.67. The molecule has 2 fully saturated rings. The number of carbonyl (C=O) groups excluding carboxylic acids is 2. The summed E-state index contributed by atoms with van der Waals surface area (Å²) >= 11 is 0. The van der Waals surface area contributed by atoms with Crippen LogP contribution in [0.5, 0.6) is 11.5 Å². The van der Waals surface area contributed by atoms with Crippen LogP contribution >= 0.6 is 0 Å². The summed E-state index contributed by atoms with van der Waals surface area (Å²) in [7, 11) is 3.13. The van der Waals surface area contributed by atoms with E-state index in [0.29, 0.717) is 49.0 Å². The van der Waals surface area contributed by atoms with Crippen molar-refractivity contribution in [2.45, 2.75) is 25.8 Å². The molecule has 0 saturated carbocycles. The van der Waals surface area contributed by atoms with Crippen molar-refractivity contribution in [3.8, 4) is 11.5 Å². The first-order chi connectivity index (χ1) is 13.0. The van der Waals surface area contributed by atoms with Crippen molar-refractivity contribution in [1.82, 2.24) is 15.1 Å². The topological polar surface area (TPSA) is 71.1 Å². The van der Waals surface area contributed by atoms with E-state index >= 15 is 0 Å². The quantitative estimate of drug-likeness (QED) is 0.861. The molecular formula is C20H29N3O4. The zero-order valence-electron chi connectivity index (χ0n) is 16.4. The molecular weight excluding hydrogens is 346 g/mol. The highest BCUT2D eigenvalue weighted by molar-refractivity contribution is 5.95. The van der Waals surface area contributed by atoms with Gasteiger partial charge in [-0.25, -0.2) is 0 Å². The fourth-order valence-electron chi connectivity index (χ4n) is 3.83. The zero-order valence-corrected chi connectivity index (χ0v) is 16.4. The Morgan fingerprint density at radius 1 is 1.00 bits per heavy atom. The van der Waals surface area contributed by atoms with Gasteiger partial charge in [0.1, 0.15) is 11.5 Å². The van der Waals surface area contributed by atoms with Gasteiger partial charge in [-0.1, -0.05) is 0 Å². The van der Waals surface area contributed by atoms with Crippen molar-refractivity contribution in [2.75, 3.05) is 46.9 Å². The lowest BCUT2D eigenvalue weighted by Gasteiger charge is -2.37. The minimum atomic E-state index is -0.0473. The number of nitrogens with zero attached hydrogens (tertiary/aromatic N) is 2. The van der Waals surface area contributed by atoms with Crippen molar-refractivity contribution in [3.63, 3.8) is 0 Å². The summed E-state index contributed by atoms with van der Waals surface area (Å²) in [5.74, 6) is 1.39. The number of hydrogen-bond acceptors (Lipinski definition) is 5. The first-order valence-corrected chi connectivity index (χ1v) is 9.56. The molecule has 2 amide bonds. The third-order valence-electron chi connectivity index (χ3n) is 5.41. The van der Waals surface area contributed by atoms with Crippen molar-refractivity contribution in [2.24, 2.45) is 5.92 Å². The molecule has 2 heterocycles. The number of amides is 2. The Hall–Kier alpha value is -2.28. The van der Waals surface area contributed by atoms with Crippen molar-refractivity contribution in [1.29, 1.82) is 0 Å². The highest BCUT2D eigenvalue weighted by atomic mass is 16.5. The number of carbonyl (C=O) groups is 2. The van der Waals surface area contributed by atoms with Crippen LogP contribution < -0.4 is 14.8 Å². The second-order valence-corrected chi connectivity index (χ2v) is 7.31. The van der Waals surface area contributed by atoms with Gasteiger partial charge in [0.2, 0.25) is 5.91 Å². The summed E-state index contributed by atoms with van der Waals surface area (Å²) < 4.78 is 10.5.